The molecule has 3 heterocycles. The van der Waals surface area contributed by atoms with Crippen molar-refractivity contribution in [3.8, 4) is 11.1 Å². The molecule has 3 aromatic rings. The highest BCUT2D eigenvalue weighted by Gasteiger charge is 2.42. The van der Waals surface area contributed by atoms with E-state index in [4.69, 9.17) is 0 Å². The largest absolute Gasteiger partial charge is 0.356 e. The average Bonchev–Trinajstić information content (AvgIpc) is 3.29. The summed E-state index contributed by atoms with van der Waals surface area (Å²) in [6.45, 7) is 3.81. The normalized spacial score (nSPS) is 15.3. The lowest BCUT2D eigenvalue weighted by Gasteiger charge is -2.41. The molecule has 2 amide bonds. The van der Waals surface area contributed by atoms with Gasteiger partial charge >= 0.3 is 0 Å². The first-order valence-corrected chi connectivity index (χ1v) is 11.6. The molecule has 7 nitrogen and oxygen atoms in total. The molecule has 1 aromatic carbocycles. The Kier molecular flexibility index (Phi) is 6.87. The number of aromatic nitrogens is 3. The van der Waals surface area contributed by atoms with E-state index in [-0.39, 0.29) is 11.8 Å². The Morgan fingerprint density at radius 2 is 1.82 bits per heavy atom. The number of carbonyl (C=O) groups is 2. The number of carbonyl (C=O) groups excluding carboxylic acids is 2. The standard InChI is InChI=1S/C26H31N5O2/c1-3-12-28-25(33)26(10-15-31(16-11-26)24(32)22-18-29-30(2)19-22)17-21-6-4-5-7-23(21)20-8-13-27-14-9-20/h4-9,13-14,18-19H,3,10-12,15-17H2,1-2H3,(H,28,33). The molecule has 1 fully saturated rings. The third kappa shape index (κ3) is 4.97. The molecule has 0 radical (unpaired) electrons. The summed E-state index contributed by atoms with van der Waals surface area (Å²) in [5.74, 6) is 0.0604. The van der Waals surface area contributed by atoms with Gasteiger partial charge in [-0.3, -0.25) is 19.3 Å². The number of nitrogens with one attached hydrogen (secondary N) is 1. The van der Waals surface area contributed by atoms with Crippen LogP contribution < -0.4 is 5.32 Å². The lowest BCUT2D eigenvalue weighted by molar-refractivity contribution is -0.133. The van der Waals surface area contributed by atoms with Crippen molar-refractivity contribution in [2.24, 2.45) is 12.5 Å². The minimum Gasteiger partial charge on any atom is -0.356 e. The molecule has 0 saturated carbocycles. The number of rotatable bonds is 7. The summed E-state index contributed by atoms with van der Waals surface area (Å²) in [7, 11) is 1.80. The molecular weight excluding hydrogens is 414 g/mol. The number of piperidine rings is 1. The zero-order valence-corrected chi connectivity index (χ0v) is 19.3. The minimum atomic E-state index is -0.552. The van der Waals surface area contributed by atoms with Gasteiger partial charge in [0.15, 0.2) is 0 Å². The molecule has 1 aliphatic rings. The Labute approximate surface area is 194 Å². The Morgan fingerprint density at radius 3 is 2.48 bits per heavy atom. The number of aryl methyl sites for hydroxylation is 1. The van der Waals surface area contributed by atoms with Crippen molar-refractivity contribution < 1.29 is 9.59 Å². The molecule has 2 aromatic heterocycles. The molecule has 1 N–H and O–H groups in total. The minimum absolute atomic E-state index is 0.0251. The predicted molar refractivity (Wildman–Crippen MR) is 127 cm³/mol. The summed E-state index contributed by atoms with van der Waals surface area (Å²) in [5.41, 5.74) is 3.39. The maximum absolute atomic E-state index is 13.4. The van der Waals surface area contributed by atoms with E-state index in [1.807, 2.05) is 29.2 Å². The van der Waals surface area contributed by atoms with Crippen LogP contribution >= 0.6 is 0 Å². The van der Waals surface area contributed by atoms with Crippen LogP contribution in [0.2, 0.25) is 0 Å². The first-order valence-electron chi connectivity index (χ1n) is 11.6. The summed E-state index contributed by atoms with van der Waals surface area (Å²) < 4.78 is 1.63. The molecule has 1 saturated heterocycles. The lowest BCUT2D eigenvalue weighted by Crippen LogP contribution is -2.51. The summed E-state index contributed by atoms with van der Waals surface area (Å²) in [6, 6.07) is 12.3. The number of pyridine rings is 1. The van der Waals surface area contributed by atoms with E-state index < -0.39 is 5.41 Å². The van der Waals surface area contributed by atoms with Crippen LogP contribution in [0.3, 0.4) is 0 Å². The van der Waals surface area contributed by atoms with Crippen LogP contribution in [0.15, 0.2) is 61.2 Å². The zero-order valence-electron chi connectivity index (χ0n) is 19.3. The van der Waals surface area contributed by atoms with Gasteiger partial charge < -0.3 is 10.2 Å². The molecule has 7 heteroatoms. The predicted octanol–water partition coefficient (Wildman–Crippen LogP) is 3.47. The Balaban J connectivity index is 1.58. The van der Waals surface area contributed by atoms with Crippen LogP contribution in [0.25, 0.3) is 11.1 Å². The van der Waals surface area contributed by atoms with Crippen molar-refractivity contribution >= 4 is 11.8 Å². The van der Waals surface area contributed by atoms with Gasteiger partial charge in [0, 0.05) is 45.3 Å². The smallest absolute Gasteiger partial charge is 0.257 e. The van der Waals surface area contributed by atoms with Crippen molar-refractivity contribution in [3.63, 3.8) is 0 Å². The van der Waals surface area contributed by atoms with Crippen LogP contribution in [-0.4, -0.2) is 51.1 Å². The van der Waals surface area contributed by atoms with Gasteiger partial charge in [0.1, 0.15) is 0 Å². The van der Waals surface area contributed by atoms with Gasteiger partial charge in [0.05, 0.1) is 17.2 Å². The Hall–Kier alpha value is -3.48. The van der Waals surface area contributed by atoms with Crippen molar-refractivity contribution in [1.82, 2.24) is 25.0 Å². The van der Waals surface area contributed by atoms with Gasteiger partial charge in [0.25, 0.3) is 5.91 Å². The number of hydrogen-bond donors (Lipinski definition) is 1. The third-order valence-electron chi connectivity index (χ3n) is 6.51. The molecule has 0 spiro atoms. The van der Waals surface area contributed by atoms with Crippen molar-refractivity contribution in [2.75, 3.05) is 19.6 Å². The first kappa shape index (κ1) is 22.7. The SMILES string of the molecule is CCCNC(=O)C1(Cc2ccccc2-c2ccncc2)CCN(C(=O)c2cnn(C)c2)CC1. The van der Waals surface area contributed by atoms with Gasteiger partial charge in [-0.15, -0.1) is 0 Å². The van der Waals surface area contributed by atoms with Crippen LogP contribution in [0.5, 0.6) is 0 Å². The second-order valence-electron chi connectivity index (χ2n) is 8.80. The average molecular weight is 446 g/mol. The molecule has 1 aliphatic heterocycles. The molecule has 0 atom stereocenters. The Morgan fingerprint density at radius 1 is 1.09 bits per heavy atom. The highest BCUT2D eigenvalue weighted by molar-refractivity contribution is 5.94. The molecular formula is C26H31N5O2. The third-order valence-corrected chi connectivity index (χ3v) is 6.51. The van der Waals surface area contributed by atoms with E-state index in [1.54, 1.807) is 36.5 Å². The summed E-state index contributed by atoms with van der Waals surface area (Å²) >= 11 is 0. The van der Waals surface area contributed by atoms with Crippen molar-refractivity contribution in [2.45, 2.75) is 32.6 Å². The van der Waals surface area contributed by atoms with E-state index in [0.29, 0.717) is 44.5 Å². The molecule has 0 unspecified atom stereocenters. The maximum Gasteiger partial charge on any atom is 0.257 e. The highest BCUT2D eigenvalue weighted by atomic mass is 16.2. The van der Waals surface area contributed by atoms with Gasteiger partial charge in [-0.25, -0.2) is 0 Å². The second kappa shape index (κ2) is 9.98. The summed E-state index contributed by atoms with van der Waals surface area (Å²) in [5, 5.41) is 7.25. The lowest BCUT2D eigenvalue weighted by atomic mass is 9.72. The Bertz CT molecular complexity index is 1100. The van der Waals surface area contributed by atoms with Gasteiger partial charge in [0.2, 0.25) is 5.91 Å². The molecule has 4 rings (SSSR count). The van der Waals surface area contributed by atoms with Gasteiger partial charge in [-0.2, -0.15) is 5.10 Å². The maximum atomic E-state index is 13.4. The van der Waals surface area contributed by atoms with E-state index in [2.05, 4.69) is 34.5 Å². The first-order chi connectivity index (χ1) is 16.0. The number of amides is 2. The quantitative estimate of drug-likeness (QED) is 0.604. The molecule has 0 aliphatic carbocycles. The molecule has 172 valence electrons. The van der Waals surface area contributed by atoms with E-state index in [9.17, 15) is 9.59 Å². The number of likely N-dealkylation sites (tertiary alicyclic amines) is 1. The van der Waals surface area contributed by atoms with Crippen LogP contribution in [0.1, 0.15) is 42.1 Å². The fourth-order valence-corrected chi connectivity index (χ4v) is 4.61. The monoisotopic (exact) mass is 445 g/mol. The summed E-state index contributed by atoms with van der Waals surface area (Å²) in [6.07, 6.45) is 9.69. The number of hydrogen-bond acceptors (Lipinski definition) is 4. The zero-order chi connectivity index (χ0) is 23.3. The van der Waals surface area contributed by atoms with Crippen molar-refractivity contribution in [1.29, 1.82) is 0 Å². The highest BCUT2D eigenvalue weighted by Crippen LogP contribution is 2.38. The second-order valence-corrected chi connectivity index (χ2v) is 8.80. The summed E-state index contributed by atoms with van der Waals surface area (Å²) in [4.78, 5) is 32.4. The van der Waals surface area contributed by atoms with Gasteiger partial charge in [-0.05, 0) is 54.5 Å². The van der Waals surface area contributed by atoms with Gasteiger partial charge in [-0.1, -0.05) is 31.2 Å². The fraction of sp³-hybridized carbons (Fsp3) is 0.385. The van der Waals surface area contributed by atoms with Crippen LogP contribution in [-0.2, 0) is 18.3 Å². The number of nitrogens with zero attached hydrogens (tertiary/aromatic N) is 4. The van der Waals surface area contributed by atoms with E-state index in [1.165, 1.54) is 0 Å². The van der Waals surface area contributed by atoms with Crippen LogP contribution in [0, 0.1) is 5.41 Å². The van der Waals surface area contributed by atoms with Crippen LogP contribution in [0.4, 0.5) is 0 Å². The number of benzene rings is 1. The molecule has 0 bridgehead atoms. The topological polar surface area (TPSA) is 80.1 Å². The fourth-order valence-electron chi connectivity index (χ4n) is 4.61. The van der Waals surface area contributed by atoms with E-state index >= 15 is 0 Å². The molecule has 33 heavy (non-hydrogen) atoms. The van der Waals surface area contributed by atoms with E-state index in [0.717, 1.165) is 23.1 Å². The van der Waals surface area contributed by atoms with Crippen molar-refractivity contribution in [3.05, 3.63) is 72.3 Å².